The number of rotatable bonds is 3. The van der Waals surface area contributed by atoms with Gasteiger partial charge in [0.05, 0.1) is 12.6 Å². The highest BCUT2D eigenvalue weighted by Crippen LogP contribution is 2.10. The minimum absolute atomic E-state index is 0. The Morgan fingerprint density at radius 1 is 1.26 bits per heavy atom. The van der Waals surface area contributed by atoms with Crippen molar-refractivity contribution < 1.29 is 9.59 Å². The van der Waals surface area contributed by atoms with E-state index in [2.05, 4.69) is 15.5 Å². The quantitative estimate of drug-likeness (QED) is 0.704. The molecule has 0 bridgehead atoms. The summed E-state index contributed by atoms with van der Waals surface area (Å²) in [5.41, 5.74) is 0. The van der Waals surface area contributed by atoms with Gasteiger partial charge in [0, 0.05) is 33.2 Å². The van der Waals surface area contributed by atoms with Gasteiger partial charge in [-0.05, 0) is 19.4 Å². The van der Waals surface area contributed by atoms with E-state index in [9.17, 15) is 9.59 Å². The summed E-state index contributed by atoms with van der Waals surface area (Å²) >= 11 is 0. The number of nitrogens with one attached hydrogen (secondary N) is 2. The fourth-order valence-electron chi connectivity index (χ4n) is 2.52. The average molecular weight is 291 g/mol. The first-order valence-corrected chi connectivity index (χ1v) is 6.66. The Kier molecular flexibility index (Phi) is 6.54. The van der Waals surface area contributed by atoms with E-state index in [-0.39, 0.29) is 30.3 Å². The monoisotopic (exact) mass is 290 g/mol. The molecule has 2 amide bonds. The van der Waals surface area contributed by atoms with Crippen LogP contribution >= 0.6 is 12.4 Å². The number of nitrogens with zero attached hydrogens (tertiary/aromatic N) is 2. The zero-order valence-corrected chi connectivity index (χ0v) is 12.2. The number of carbonyl (C=O) groups is 2. The third-order valence-electron chi connectivity index (χ3n) is 3.69. The van der Waals surface area contributed by atoms with Crippen molar-refractivity contribution in [2.24, 2.45) is 0 Å². The fraction of sp³-hybridized carbons (Fsp3) is 0.833. The number of amides is 2. The van der Waals surface area contributed by atoms with E-state index < -0.39 is 0 Å². The van der Waals surface area contributed by atoms with Crippen molar-refractivity contribution >= 4 is 24.2 Å². The number of halogens is 1. The third kappa shape index (κ3) is 4.33. The topological polar surface area (TPSA) is 64.7 Å². The molecule has 2 fully saturated rings. The van der Waals surface area contributed by atoms with Crippen LogP contribution in [0.1, 0.15) is 12.8 Å². The predicted octanol–water partition coefficient (Wildman–Crippen LogP) is -0.950. The molecule has 1 atom stereocenters. The lowest BCUT2D eigenvalue weighted by molar-refractivity contribution is -0.135. The molecule has 0 spiro atoms. The smallest absolute Gasteiger partial charge is 0.239 e. The number of piperazine rings is 1. The molecule has 0 saturated carbocycles. The molecular weight excluding hydrogens is 268 g/mol. The molecule has 2 heterocycles. The van der Waals surface area contributed by atoms with Crippen molar-refractivity contribution in [3.05, 3.63) is 0 Å². The molecule has 1 unspecified atom stereocenters. The van der Waals surface area contributed by atoms with Crippen molar-refractivity contribution in [2.75, 3.05) is 46.3 Å². The Labute approximate surface area is 120 Å². The molecule has 2 rings (SSSR count). The van der Waals surface area contributed by atoms with Crippen LogP contribution < -0.4 is 10.6 Å². The van der Waals surface area contributed by atoms with Crippen molar-refractivity contribution in [3.63, 3.8) is 0 Å². The van der Waals surface area contributed by atoms with E-state index in [1.165, 1.54) is 0 Å². The van der Waals surface area contributed by atoms with Crippen LogP contribution in [0.25, 0.3) is 0 Å². The lowest BCUT2D eigenvalue weighted by Gasteiger charge is -2.35. The average Bonchev–Trinajstić information content (AvgIpc) is 2.92. The Morgan fingerprint density at radius 3 is 2.47 bits per heavy atom. The molecule has 110 valence electrons. The van der Waals surface area contributed by atoms with Crippen molar-refractivity contribution in [2.45, 2.75) is 18.9 Å². The largest absolute Gasteiger partial charge is 0.358 e. The highest BCUT2D eigenvalue weighted by atomic mass is 35.5. The number of hydrogen-bond donors (Lipinski definition) is 2. The zero-order valence-electron chi connectivity index (χ0n) is 11.4. The lowest BCUT2D eigenvalue weighted by atomic mass is 10.2. The number of hydrogen-bond acceptors (Lipinski definition) is 4. The lowest BCUT2D eigenvalue weighted by Crippen LogP contribution is -2.54. The Bertz CT molecular complexity index is 313. The van der Waals surface area contributed by atoms with Gasteiger partial charge in [0.15, 0.2) is 0 Å². The van der Waals surface area contributed by atoms with Gasteiger partial charge in [-0.1, -0.05) is 0 Å². The Morgan fingerprint density at radius 2 is 1.95 bits per heavy atom. The summed E-state index contributed by atoms with van der Waals surface area (Å²) in [6.07, 6.45) is 2.05. The second kappa shape index (κ2) is 7.67. The van der Waals surface area contributed by atoms with Gasteiger partial charge in [-0.3, -0.25) is 14.5 Å². The molecule has 0 radical (unpaired) electrons. The van der Waals surface area contributed by atoms with Crippen LogP contribution in [0.5, 0.6) is 0 Å². The maximum absolute atomic E-state index is 12.2. The van der Waals surface area contributed by atoms with E-state index >= 15 is 0 Å². The molecule has 6 nitrogen and oxygen atoms in total. The number of likely N-dealkylation sites (N-methyl/N-ethyl adjacent to an activating group) is 1. The predicted molar refractivity (Wildman–Crippen MR) is 75.4 cm³/mol. The minimum Gasteiger partial charge on any atom is -0.358 e. The molecule has 2 saturated heterocycles. The van der Waals surface area contributed by atoms with Crippen LogP contribution in [0, 0.1) is 0 Å². The molecule has 2 N–H and O–H groups in total. The van der Waals surface area contributed by atoms with Gasteiger partial charge < -0.3 is 15.5 Å². The summed E-state index contributed by atoms with van der Waals surface area (Å²) in [6.45, 7) is 4.41. The number of carbonyl (C=O) groups excluding carboxylic acids is 2. The molecular formula is C12H23ClN4O2. The minimum atomic E-state index is 0. The van der Waals surface area contributed by atoms with Gasteiger partial charge in [0.25, 0.3) is 0 Å². The summed E-state index contributed by atoms with van der Waals surface area (Å²) in [6, 6.07) is 0.0236. The van der Waals surface area contributed by atoms with Gasteiger partial charge in [0.2, 0.25) is 11.8 Å². The Balaban J connectivity index is 0.00000180. The van der Waals surface area contributed by atoms with Gasteiger partial charge in [-0.15, -0.1) is 12.4 Å². The van der Waals surface area contributed by atoms with Crippen LogP contribution in [-0.4, -0.2) is 74.0 Å². The van der Waals surface area contributed by atoms with Crippen molar-refractivity contribution in [3.8, 4) is 0 Å². The molecule has 0 aromatic carbocycles. The SMILES string of the molecule is CNC(=O)CN1CCN(C(=O)C2CCCN2)CC1.Cl. The summed E-state index contributed by atoms with van der Waals surface area (Å²) in [5, 5.41) is 5.86. The normalized spacial score (nSPS) is 23.8. The molecule has 0 aromatic rings. The summed E-state index contributed by atoms with van der Waals surface area (Å²) in [7, 11) is 1.65. The van der Waals surface area contributed by atoms with E-state index in [0.717, 1.165) is 45.6 Å². The maximum atomic E-state index is 12.2. The van der Waals surface area contributed by atoms with E-state index in [4.69, 9.17) is 0 Å². The van der Waals surface area contributed by atoms with Crippen LogP contribution in [0.4, 0.5) is 0 Å². The maximum Gasteiger partial charge on any atom is 0.239 e. The molecule has 2 aliphatic heterocycles. The van der Waals surface area contributed by atoms with Gasteiger partial charge >= 0.3 is 0 Å². The first-order valence-electron chi connectivity index (χ1n) is 6.66. The summed E-state index contributed by atoms with van der Waals surface area (Å²) < 4.78 is 0. The van der Waals surface area contributed by atoms with Crippen LogP contribution in [-0.2, 0) is 9.59 Å². The first-order chi connectivity index (χ1) is 8.70. The summed E-state index contributed by atoms with van der Waals surface area (Å²) in [4.78, 5) is 27.4. The molecule has 19 heavy (non-hydrogen) atoms. The van der Waals surface area contributed by atoms with Crippen LogP contribution in [0.3, 0.4) is 0 Å². The summed E-state index contributed by atoms with van der Waals surface area (Å²) in [5.74, 6) is 0.263. The van der Waals surface area contributed by atoms with E-state index in [0.29, 0.717) is 6.54 Å². The highest BCUT2D eigenvalue weighted by molar-refractivity contribution is 5.85. The second-order valence-corrected chi connectivity index (χ2v) is 4.92. The van der Waals surface area contributed by atoms with E-state index in [1.807, 2.05) is 4.90 Å². The fourth-order valence-corrected chi connectivity index (χ4v) is 2.52. The Hall–Kier alpha value is -0.850. The zero-order chi connectivity index (χ0) is 13.0. The van der Waals surface area contributed by atoms with Gasteiger partial charge in [-0.2, -0.15) is 0 Å². The van der Waals surface area contributed by atoms with E-state index in [1.54, 1.807) is 7.05 Å². The third-order valence-corrected chi connectivity index (χ3v) is 3.69. The standard InChI is InChI=1S/C12H22N4O2.ClH/c1-13-11(17)9-15-5-7-16(8-6-15)12(18)10-3-2-4-14-10;/h10,14H,2-9H2,1H3,(H,13,17);1H. The highest BCUT2D eigenvalue weighted by Gasteiger charge is 2.29. The van der Waals surface area contributed by atoms with Crippen molar-refractivity contribution in [1.29, 1.82) is 0 Å². The first kappa shape index (κ1) is 16.2. The van der Waals surface area contributed by atoms with Crippen LogP contribution in [0.2, 0.25) is 0 Å². The molecule has 0 aliphatic carbocycles. The molecule has 7 heteroatoms. The van der Waals surface area contributed by atoms with Crippen molar-refractivity contribution in [1.82, 2.24) is 20.4 Å². The van der Waals surface area contributed by atoms with Gasteiger partial charge in [-0.25, -0.2) is 0 Å². The molecule has 2 aliphatic rings. The molecule has 0 aromatic heterocycles. The van der Waals surface area contributed by atoms with Crippen LogP contribution in [0.15, 0.2) is 0 Å². The second-order valence-electron chi connectivity index (χ2n) is 4.92. The van der Waals surface area contributed by atoms with Gasteiger partial charge in [0.1, 0.15) is 0 Å².